The molecule has 2 N–H and O–H groups in total. The third kappa shape index (κ3) is 6.65. The molecular formula is C16H21BrN2O2. The summed E-state index contributed by atoms with van der Waals surface area (Å²) in [5, 5.41) is 6.13. The summed E-state index contributed by atoms with van der Waals surface area (Å²) >= 11 is 3.44. The van der Waals surface area contributed by atoms with Crippen molar-refractivity contribution in [3.05, 3.63) is 28.2 Å². The van der Waals surface area contributed by atoms with E-state index < -0.39 is 0 Å². The normalized spacial score (nSPS) is 10.2. The Morgan fingerprint density at radius 3 is 2.86 bits per heavy atom. The Kier molecular flexibility index (Phi) is 7.88. The fourth-order valence-electron chi connectivity index (χ4n) is 1.65. The average molecular weight is 353 g/mol. The van der Waals surface area contributed by atoms with Crippen LogP contribution in [0.4, 0.5) is 0 Å². The Bertz CT molecular complexity index is 509. The average Bonchev–Trinajstić information content (AvgIpc) is 2.45. The second-order valence-corrected chi connectivity index (χ2v) is 5.78. The molecule has 0 saturated carbocycles. The highest BCUT2D eigenvalue weighted by Gasteiger charge is 2.06. The van der Waals surface area contributed by atoms with Gasteiger partial charge in [0.25, 0.3) is 0 Å². The van der Waals surface area contributed by atoms with E-state index in [-0.39, 0.29) is 18.4 Å². The zero-order chi connectivity index (χ0) is 15.7. The van der Waals surface area contributed by atoms with Gasteiger partial charge < -0.3 is 15.4 Å². The SMILES string of the molecule is C#CCOc1ccc(Br)cc1CNCCNC(=O)C(C)C. The van der Waals surface area contributed by atoms with Crippen LogP contribution in [0.3, 0.4) is 0 Å². The summed E-state index contributed by atoms with van der Waals surface area (Å²) in [6, 6.07) is 5.79. The van der Waals surface area contributed by atoms with Gasteiger partial charge in [0.1, 0.15) is 12.4 Å². The van der Waals surface area contributed by atoms with Gasteiger partial charge in [-0.25, -0.2) is 0 Å². The molecular weight excluding hydrogens is 332 g/mol. The standard InChI is InChI=1S/C16H21BrN2O2/c1-4-9-21-15-6-5-14(17)10-13(15)11-18-7-8-19-16(20)12(2)3/h1,5-6,10,12,18H,7-9,11H2,2-3H3,(H,19,20). The van der Waals surface area contributed by atoms with Gasteiger partial charge in [-0.05, 0) is 18.2 Å². The summed E-state index contributed by atoms with van der Waals surface area (Å²) in [5.41, 5.74) is 1.02. The van der Waals surface area contributed by atoms with Crippen LogP contribution in [0.1, 0.15) is 19.4 Å². The van der Waals surface area contributed by atoms with E-state index >= 15 is 0 Å². The molecule has 1 amide bonds. The van der Waals surface area contributed by atoms with E-state index in [1.807, 2.05) is 32.0 Å². The molecule has 1 aromatic rings. The Morgan fingerprint density at radius 2 is 2.19 bits per heavy atom. The fourth-order valence-corrected chi connectivity index (χ4v) is 2.06. The van der Waals surface area contributed by atoms with E-state index in [9.17, 15) is 4.79 Å². The fraction of sp³-hybridized carbons (Fsp3) is 0.438. The predicted octanol–water partition coefficient (Wildman–Crippen LogP) is 2.32. The number of benzene rings is 1. The van der Waals surface area contributed by atoms with Gasteiger partial charge in [0, 0.05) is 35.6 Å². The molecule has 1 aromatic carbocycles. The molecule has 0 saturated heterocycles. The minimum atomic E-state index is 0.0128. The highest BCUT2D eigenvalue weighted by Crippen LogP contribution is 2.23. The van der Waals surface area contributed by atoms with Crippen LogP contribution < -0.4 is 15.4 Å². The van der Waals surface area contributed by atoms with Crippen molar-refractivity contribution < 1.29 is 9.53 Å². The lowest BCUT2D eigenvalue weighted by molar-refractivity contribution is -0.123. The molecule has 0 atom stereocenters. The number of carbonyl (C=O) groups excluding carboxylic acids is 1. The third-order valence-corrected chi connectivity index (χ3v) is 3.27. The van der Waals surface area contributed by atoms with Crippen molar-refractivity contribution in [2.45, 2.75) is 20.4 Å². The first-order chi connectivity index (χ1) is 10.0. The van der Waals surface area contributed by atoms with Crippen LogP contribution in [0, 0.1) is 18.3 Å². The van der Waals surface area contributed by atoms with Crippen LogP contribution in [-0.2, 0) is 11.3 Å². The molecule has 0 aliphatic rings. The lowest BCUT2D eigenvalue weighted by atomic mass is 10.2. The van der Waals surface area contributed by atoms with Crippen molar-refractivity contribution in [3.63, 3.8) is 0 Å². The maximum atomic E-state index is 11.4. The Morgan fingerprint density at radius 1 is 1.43 bits per heavy atom. The summed E-state index contributed by atoms with van der Waals surface area (Å²) < 4.78 is 6.49. The summed E-state index contributed by atoms with van der Waals surface area (Å²) in [7, 11) is 0. The van der Waals surface area contributed by atoms with E-state index in [0.717, 1.165) is 15.8 Å². The first kappa shape index (κ1) is 17.5. The zero-order valence-electron chi connectivity index (χ0n) is 12.4. The highest BCUT2D eigenvalue weighted by atomic mass is 79.9. The first-order valence-electron chi connectivity index (χ1n) is 6.87. The number of rotatable bonds is 8. The molecule has 21 heavy (non-hydrogen) atoms. The van der Waals surface area contributed by atoms with Crippen LogP contribution in [-0.4, -0.2) is 25.6 Å². The first-order valence-corrected chi connectivity index (χ1v) is 7.67. The molecule has 0 spiro atoms. The summed E-state index contributed by atoms with van der Waals surface area (Å²) in [5.74, 6) is 3.31. The number of hydrogen-bond acceptors (Lipinski definition) is 3. The maximum Gasteiger partial charge on any atom is 0.222 e. The molecule has 0 bridgehead atoms. The van der Waals surface area contributed by atoms with Crippen molar-refractivity contribution >= 4 is 21.8 Å². The van der Waals surface area contributed by atoms with Gasteiger partial charge in [-0.3, -0.25) is 4.79 Å². The van der Waals surface area contributed by atoms with Crippen LogP contribution in [0.15, 0.2) is 22.7 Å². The lowest BCUT2D eigenvalue weighted by Crippen LogP contribution is -2.34. The number of hydrogen-bond donors (Lipinski definition) is 2. The topological polar surface area (TPSA) is 50.4 Å². The van der Waals surface area contributed by atoms with Gasteiger partial charge in [0.15, 0.2) is 0 Å². The summed E-state index contributed by atoms with van der Waals surface area (Å²) in [6.07, 6.45) is 5.21. The molecule has 0 unspecified atom stereocenters. The molecule has 0 heterocycles. The monoisotopic (exact) mass is 352 g/mol. The zero-order valence-corrected chi connectivity index (χ0v) is 14.0. The van der Waals surface area contributed by atoms with Crippen LogP contribution in [0.5, 0.6) is 5.75 Å². The van der Waals surface area contributed by atoms with E-state index in [1.54, 1.807) is 0 Å². The van der Waals surface area contributed by atoms with E-state index in [1.165, 1.54) is 0 Å². The molecule has 4 nitrogen and oxygen atoms in total. The lowest BCUT2D eigenvalue weighted by Gasteiger charge is -2.12. The second-order valence-electron chi connectivity index (χ2n) is 4.87. The maximum absolute atomic E-state index is 11.4. The van der Waals surface area contributed by atoms with Gasteiger partial charge in [-0.1, -0.05) is 35.7 Å². The number of amides is 1. The third-order valence-electron chi connectivity index (χ3n) is 2.77. The van der Waals surface area contributed by atoms with Gasteiger partial charge in [-0.2, -0.15) is 0 Å². The number of halogens is 1. The number of ether oxygens (including phenoxy) is 1. The smallest absolute Gasteiger partial charge is 0.222 e. The molecule has 114 valence electrons. The highest BCUT2D eigenvalue weighted by molar-refractivity contribution is 9.10. The quantitative estimate of drug-likeness (QED) is 0.557. The van der Waals surface area contributed by atoms with Crippen LogP contribution in [0.2, 0.25) is 0 Å². The second kappa shape index (κ2) is 9.43. The largest absolute Gasteiger partial charge is 0.481 e. The van der Waals surface area contributed by atoms with Crippen molar-refractivity contribution in [1.29, 1.82) is 0 Å². The van der Waals surface area contributed by atoms with Gasteiger partial charge >= 0.3 is 0 Å². The number of terminal acetylenes is 1. The Balaban J connectivity index is 2.42. The van der Waals surface area contributed by atoms with Crippen LogP contribution in [0.25, 0.3) is 0 Å². The van der Waals surface area contributed by atoms with Crippen molar-refractivity contribution in [2.24, 2.45) is 5.92 Å². The molecule has 1 rings (SSSR count). The molecule has 0 radical (unpaired) electrons. The number of carbonyl (C=O) groups is 1. The molecule has 5 heteroatoms. The van der Waals surface area contributed by atoms with E-state index in [2.05, 4.69) is 32.5 Å². The van der Waals surface area contributed by atoms with Gasteiger partial charge in [0.05, 0.1) is 0 Å². The minimum absolute atomic E-state index is 0.0128. The van der Waals surface area contributed by atoms with E-state index in [0.29, 0.717) is 19.6 Å². The van der Waals surface area contributed by atoms with E-state index in [4.69, 9.17) is 11.2 Å². The minimum Gasteiger partial charge on any atom is -0.481 e. The molecule has 0 aliphatic heterocycles. The van der Waals surface area contributed by atoms with Gasteiger partial charge in [0.2, 0.25) is 5.91 Å². The summed E-state index contributed by atoms with van der Waals surface area (Å²) in [6.45, 7) is 5.94. The van der Waals surface area contributed by atoms with Crippen molar-refractivity contribution in [1.82, 2.24) is 10.6 Å². The summed E-state index contributed by atoms with van der Waals surface area (Å²) in [4.78, 5) is 11.4. The molecule has 0 aromatic heterocycles. The number of nitrogens with one attached hydrogen (secondary N) is 2. The molecule has 0 aliphatic carbocycles. The van der Waals surface area contributed by atoms with Crippen molar-refractivity contribution in [3.8, 4) is 18.1 Å². The van der Waals surface area contributed by atoms with Crippen molar-refractivity contribution in [2.75, 3.05) is 19.7 Å². The predicted molar refractivity (Wildman–Crippen MR) is 88.0 cm³/mol. The molecule has 0 fully saturated rings. The van der Waals surface area contributed by atoms with Crippen LogP contribution >= 0.6 is 15.9 Å². The van der Waals surface area contributed by atoms with Gasteiger partial charge in [-0.15, -0.1) is 6.42 Å². The Hall–Kier alpha value is -1.51. The Labute approximate surface area is 134 Å².